The Morgan fingerprint density at radius 2 is 2.50 bits per heavy atom. The molecule has 2 rings (SSSR count). The number of Topliss-reactive ketones (excluding diaryl/α,β-unsaturated/α-hetero) is 1. The first kappa shape index (κ1) is 8.74. The lowest BCUT2D eigenvalue weighted by Crippen LogP contribution is -2.05. The maximum atomic E-state index is 11.2. The zero-order valence-corrected chi connectivity index (χ0v) is 7.80. The summed E-state index contributed by atoms with van der Waals surface area (Å²) in [6.45, 7) is 2.17. The molecule has 0 saturated heterocycles. The summed E-state index contributed by atoms with van der Waals surface area (Å²) in [4.78, 5) is 11.2. The molecule has 0 amide bonds. The second kappa shape index (κ2) is 3.49. The van der Waals surface area contributed by atoms with Crippen LogP contribution in [-0.2, 0) is 6.54 Å². The summed E-state index contributed by atoms with van der Waals surface area (Å²) in [5.41, 5.74) is 1.65. The summed E-state index contributed by atoms with van der Waals surface area (Å²) in [5, 5.41) is 3.60. The van der Waals surface area contributed by atoms with Crippen molar-refractivity contribution in [3.8, 4) is 0 Å². The van der Waals surface area contributed by atoms with Crippen LogP contribution in [0.2, 0.25) is 0 Å². The van der Waals surface area contributed by atoms with Gasteiger partial charge < -0.3 is 9.09 Å². The van der Waals surface area contributed by atoms with Crippen LogP contribution in [0.25, 0.3) is 0 Å². The minimum absolute atomic E-state index is 0.0615. The molecule has 0 aromatic carbocycles. The average molecular weight is 190 g/mol. The third-order valence-corrected chi connectivity index (χ3v) is 2.03. The molecule has 0 N–H and O–H groups in total. The molecule has 0 unspecified atom stereocenters. The third-order valence-electron chi connectivity index (χ3n) is 2.03. The van der Waals surface area contributed by atoms with Crippen molar-refractivity contribution in [3.63, 3.8) is 0 Å². The summed E-state index contributed by atoms with van der Waals surface area (Å²) in [7, 11) is 0. The van der Waals surface area contributed by atoms with Crippen molar-refractivity contribution in [2.75, 3.05) is 0 Å². The highest BCUT2D eigenvalue weighted by atomic mass is 16.5. The molecule has 0 spiro atoms. The van der Waals surface area contributed by atoms with Gasteiger partial charge in [0.2, 0.25) is 0 Å². The highest BCUT2D eigenvalue weighted by Crippen LogP contribution is 2.07. The van der Waals surface area contributed by atoms with Crippen molar-refractivity contribution in [3.05, 3.63) is 42.0 Å². The summed E-state index contributed by atoms with van der Waals surface area (Å²) in [6, 6.07) is 3.65. The molecule has 0 saturated carbocycles. The van der Waals surface area contributed by atoms with Crippen LogP contribution >= 0.6 is 0 Å². The standard InChI is InChI=1S/C10H10N2O2/c1-8(13)10-3-2-4-12(10)6-9-5-11-14-7-9/h2-5,7H,6H2,1H3. The van der Waals surface area contributed by atoms with Crippen molar-refractivity contribution in [1.82, 2.24) is 9.72 Å². The molecule has 2 aromatic heterocycles. The number of aromatic nitrogens is 2. The van der Waals surface area contributed by atoms with Crippen LogP contribution in [0.4, 0.5) is 0 Å². The van der Waals surface area contributed by atoms with E-state index in [4.69, 9.17) is 4.52 Å². The van der Waals surface area contributed by atoms with E-state index in [1.54, 1.807) is 25.5 Å². The fraction of sp³-hybridized carbons (Fsp3) is 0.200. The minimum atomic E-state index is 0.0615. The molecule has 2 aromatic rings. The molecule has 4 nitrogen and oxygen atoms in total. The van der Waals surface area contributed by atoms with Gasteiger partial charge in [-0.25, -0.2) is 0 Å². The van der Waals surface area contributed by atoms with Gasteiger partial charge in [0, 0.05) is 18.7 Å². The first-order chi connectivity index (χ1) is 6.77. The Labute approximate surface area is 81.1 Å². The largest absolute Gasteiger partial charge is 0.364 e. The Bertz CT molecular complexity index is 429. The molecule has 2 heterocycles. The number of carbonyl (C=O) groups is 1. The van der Waals surface area contributed by atoms with Crippen LogP contribution in [-0.4, -0.2) is 15.5 Å². The van der Waals surface area contributed by atoms with Crippen molar-refractivity contribution >= 4 is 5.78 Å². The molecule has 72 valence electrons. The molecule has 0 bridgehead atoms. The number of hydrogen-bond acceptors (Lipinski definition) is 3. The van der Waals surface area contributed by atoms with Gasteiger partial charge in [0.15, 0.2) is 5.78 Å². The molecule has 0 aliphatic rings. The van der Waals surface area contributed by atoms with Gasteiger partial charge >= 0.3 is 0 Å². The number of hydrogen-bond donors (Lipinski definition) is 0. The molecule has 0 aliphatic carbocycles. The van der Waals surface area contributed by atoms with Crippen LogP contribution in [0, 0.1) is 0 Å². The van der Waals surface area contributed by atoms with Gasteiger partial charge in [-0.15, -0.1) is 0 Å². The smallest absolute Gasteiger partial charge is 0.176 e. The Hall–Kier alpha value is -1.84. The fourth-order valence-corrected chi connectivity index (χ4v) is 1.37. The van der Waals surface area contributed by atoms with Crippen LogP contribution in [0.15, 0.2) is 35.3 Å². The van der Waals surface area contributed by atoms with Gasteiger partial charge in [0.05, 0.1) is 18.4 Å². The van der Waals surface area contributed by atoms with Crippen molar-refractivity contribution < 1.29 is 9.32 Å². The minimum Gasteiger partial charge on any atom is -0.364 e. The lowest BCUT2D eigenvalue weighted by atomic mass is 10.3. The van der Waals surface area contributed by atoms with Crippen LogP contribution < -0.4 is 0 Å². The lowest BCUT2D eigenvalue weighted by molar-refractivity contribution is 0.100. The maximum absolute atomic E-state index is 11.2. The van der Waals surface area contributed by atoms with E-state index in [2.05, 4.69) is 5.16 Å². The topological polar surface area (TPSA) is 48.0 Å². The van der Waals surface area contributed by atoms with Gasteiger partial charge in [-0.05, 0) is 12.1 Å². The quantitative estimate of drug-likeness (QED) is 0.692. The Balaban J connectivity index is 2.25. The Kier molecular flexibility index (Phi) is 2.18. The van der Waals surface area contributed by atoms with Gasteiger partial charge in [0.25, 0.3) is 0 Å². The summed E-state index contributed by atoms with van der Waals surface area (Å²) < 4.78 is 6.59. The van der Waals surface area contributed by atoms with E-state index in [1.165, 1.54) is 0 Å². The highest BCUT2D eigenvalue weighted by Gasteiger charge is 2.06. The SMILES string of the molecule is CC(=O)c1cccn1Cc1cnoc1. The van der Waals surface area contributed by atoms with E-state index in [0.29, 0.717) is 12.2 Å². The second-order valence-electron chi connectivity index (χ2n) is 3.11. The van der Waals surface area contributed by atoms with E-state index in [0.717, 1.165) is 5.56 Å². The van der Waals surface area contributed by atoms with E-state index in [-0.39, 0.29) is 5.78 Å². The predicted octanol–water partition coefficient (Wildman–Crippen LogP) is 1.73. The molecular weight excluding hydrogens is 180 g/mol. The normalized spacial score (nSPS) is 10.4. The van der Waals surface area contributed by atoms with E-state index < -0.39 is 0 Å². The molecule has 14 heavy (non-hydrogen) atoms. The second-order valence-corrected chi connectivity index (χ2v) is 3.11. The lowest BCUT2D eigenvalue weighted by Gasteiger charge is -2.03. The molecule has 0 radical (unpaired) electrons. The first-order valence-corrected chi connectivity index (χ1v) is 4.31. The van der Waals surface area contributed by atoms with Crippen molar-refractivity contribution in [2.24, 2.45) is 0 Å². The molecular formula is C10H10N2O2. The van der Waals surface area contributed by atoms with Crippen LogP contribution in [0.1, 0.15) is 23.0 Å². The summed E-state index contributed by atoms with van der Waals surface area (Å²) in [6.07, 6.45) is 5.08. The third kappa shape index (κ3) is 1.59. The number of carbonyl (C=O) groups excluding carboxylic acids is 1. The summed E-state index contributed by atoms with van der Waals surface area (Å²) in [5.74, 6) is 0.0615. The zero-order valence-electron chi connectivity index (χ0n) is 7.80. The Morgan fingerprint density at radius 1 is 1.64 bits per heavy atom. The first-order valence-electron chi connectivity index (χ1n) is 4.31. The van der Waals surface area contributed by atoms with Gasteiger partial charge in [-0.3, -0.25) is 4.79 Å². The average Bonchev–Trinajstić information content (AvgIpc) is 2.75. The molecule has 0 aliphatic heterocycles. The van der Waals surface area contributed by atoms with Gasteiger partial charge in [0.1, 0.15) is 6.26 Å². The van der Waals surface area contributed by atoms with Gasteiger partial charge in [-0.2, -0.15) is 0 Å². The highest BCUT2D eigenvalue weighted by molar-refractivity contribution is 5.92. The number of rotatable bonds is 3. The summed E-state index contributed by atoms with van der Waals surface area (Å²) >= 11 is 0. The van der Waals surface area contributed by atoms with E-state index >= 15 is 0 Å². The fourth-order valence-electron chi connectivity index (χ4n) is 1.37. The Morgan fingerprint density at radius 3 is 3.14 bits per heavy atom. The number of ketones is 1. The van der Waals surface area contributed by atoms with Crippen LogP contribution in [0.3, 0.4) is 0 Å². The van der Waals surface area contributed by atoms with Crippen LogP contribution in [0.5, 0.6) is 0 Å². The van der Waals surface area contributed by atoms with Crippen molar-refractivity contribution in [2.45, 2.75) is 13.5 Å². The van der Waals surface area contributed by atoms with E-state index in [9.17, 15) is 4.79 Å². The zero-order chi connectivity index (χ0) is 9.97. The molecule has 0 atom stereocenters. The molecule has 4 heteroatoms. The van der Waals surface area contributed by atoms with Crippen molar-refractivity contribution in [1.29, 1.82) is 0 Å². The predicted molar refractivity (Wildman–Crippen MR) is 50.0 cm³/mol. The maximum Gasteiger partial charge on any atom is 0.176 e. The van der Waals surface area contributed by atoms with E-state index in [1.807, 2.05) is 16.8 Å². The monoisotopic (exact) mass is 190 g/mol. The number of nitrogens with zero attached hydrogens (tertiary/aromatic N) is 2. The molecule has 0 fully saturated rings. The van der Waals surface area contributed by atoms with Gasteiger partial charge in [-0.1, -0.05) is 5.16 Å².